The summed E-state index contributed by atoms with van der Waals surface area (Å²) in [7, 11) is -1.40. The normalized spacial score (nSPS) is 26.6. The maximum atomic E-state index is 12.7. The minimum Gasteiger partial charge on any atom is -0.390 e. The Hall–Kier alpha value is -1.35. The zero-order valence-corrected chi connectivity index (χ0v) is 15.6. The molecule has 2 atom stereocenters. The zero-order chi connectivity index (χ0) is 18.2. The number of carbonyl (C=O) groups excluding carboxylic acids is 1. The topological polar surface area (TPSA) is 90.0 Å². The van der Waals surface area contributed by atoms with Gasteiger partial charge in [0.05, 0.1) is 34.2 Å². The number of aliphatic hydroxyl groups excluding tert-OH is 1. The number of piperazine rings is 1. The van der Waals surface area contributed by atoms with Crippen LogP contribution < -0.4 is 5.32 Å². The van der Waals surface area contributed by atoms with Crippen molar-refractivity contribution in [3.05, 3.63) is 28.8 Å². The molecule has 2 aliphatic heterocycles. The molecule has 0 bridgehead atoms. The predicted molar refractivity (Wildman–Crippen MR) is 96.9 cm³/mol. The van der Waals surface area contributed by atoms with Gasteiger partial charge in [-0.05, 0) is 18.2 Å². The van der Waals surface area contributed by atoms with Gasteiger partial charge < -0.3 is 15.3 Å². The largest absolute Gasteiger partial charge is 0.390 e. The molecule has 0 saturated carbocycles. The van der Waals surface area contributed by atoms with Gasteiger partial charge in [0.2, 0.25) is 0 Å². The van der Waals surface area contributed by atoms with Gasteiger partial charge in [-0.3, -0.25) is 9.69 Å². The molecule has 2 heterocycles. The van der Waals surface area contributed by atoms with Crippen molar-refractivity contribution in [3.63, 3.8) is 0 Å². The van der Waals surface area contributed by atoms with Crippen molar-refractivity contribution in [1.82, 2.24) is 9.80 Å². The summed E-state index contributed by atoms with van der Waals surface area (Å²) >= 11 is 6.16. The van der Waals surface area contributed by atoms with E-state index in [4.69, 9.17) is 11.6 Å². The van der Waals surface area contributed by atoms with Gasteiger partial charge in [0.15, 0.2) is 9.84 Å². The molecule has 1 aromatic rings. The van der Waals surface area contributed by atoms with Gasteiger partial charge in [-0.1, -0.05) is 11.6 Å². The van der Waals surface area contributed by atoms with Crippen LogP contribution in [0.25, 0.3) is 0 Å². The highest BCUT2D eigenvalue weighted by molar-refractivity contribution is 7.91. The summed E-state index contributed by atoms with van der Waals surface area (Å²) in [5.74, 6) is -0.331. The first-order chi connectivity index (χ1) is 11.8. The van der Waals surface area contributed by atoms with Crippen molar-refractivity contribution < 1.29 is 18.3 Å². The first kappa shape index (κ1) is 18.4. The lowest BCUT2D eigenvalue weighted by molar-refractivity contribution is 0.0377. The second-order valence-electron chi connectivity index (χ2n) is 6.48. The van der Waals surface area contributed by atoms with E-state index in [1.807, 2.05) is 4.90 Å². The lowest BCUT2D eigenvalue weighted by atomic mass is 10.1. The second-order valence-corrected chi connectivity index (χ2v) is 9.05. The Morgan fingerprint density at radius 3 is 2.48 bits per heavy atom. The summed E-state index contributed by atoms with van der Waals surface area (Å²) in [5.41, 5.74) is 1.26. The molecule has 2 unspecified atom stereocenters. The molecule has 2 fully saturated rings. The number of carbonyl (C=O) groups is 1. The third-order valence-corrected chi connectivity index (χ3v) is 6.88. The van der Waals surface area contributed by atoms with Crippen LogP contribution in [0, 0.1) is 0 Å². The third kappa shape index (κ3) is 3.92. The van der Waals surface area contributed by atoms with Crippen molar-refractivity contribution in [1.29, 1.82) is 0 Å². The first-order valence-electron chi connectivity index (χ1n) is 8.20. The second kappa shape index (κ2) is 7.11. The van der Waals surface area contributed by atoms with Crippen molar-refractivity contribution in [2.75, 3.05) is 50.0 Å². The molecule has 7 nitrogen and oxygen atoms in total. The molecule has 3 rings (SSSR count). The van der Waals surface area contributed by atoms with Crippen LogP contribution in [0.15, 0.2) is 18.2 Å². The average molecular weight is 388 g/mol. The Bertz CT molecular complexity index is 763. The van der Waals surface area contributed by atoms with Crippen LogP contribution >= 0.6 is 11.6 Å². The van der Waals surface area contributed by atoms with E-state index >= 15 is 0 Å². The van der Waals surface area contributed by atoms with Crippen molar-refractivity contribution in [2.45, 2.75) is 12.1 Å². The molecule has 0 radical (unpaired) electrons. The quantitative estimate of drug-likeness (QED) is 0.775. The molecule has 25 heavy (non-hydrogen) atoms. The molecule has 0 spiro atoms. The highest BCUT2D eigenvalue weighted by Gasteiger charge is 2.41. The highest BCUT2D eigenvalue weighted by atomic mass is 35.5. The van der Waals surface area contributed by atoms with Crippen LogP contribution in [0.2, 0.25) is 5.02 Å². The monoisotopic (exact) mass is 387 g/mol. The molecule has 2 aliphatic rings. The SMILES string of the molecule is CNc1ccc(Cl)c(C(=O)N2CCN(C3CS(=O)(=O)CC3O)CC2)c1. The Morgan fingerprint density at radius 1 is 1.24 bits per heavy atom. The average Bonchev–Trinajstić information content (AvgIpc) is 2.87. The Kier molecular flexibility index (Phi) is 5.24. The number of sulfone groups is 1. The van der Waals surface area contributed by atoms with E-state index in [0.29, 0.717) is 36.8 Å². The van der Waals surface area contributed by atoms with Crippen LogP contribution in [-0.2, 0) is 9.84 Å². The smallest absolute Gasteiger partial charge is 0.255 e. The summed E-state index contributed by atoms with van der Waals surface area (Å²) in [6.45, 7) is 2.02. The van der Waals surface area contributed by atoms with E-state index in [-0.39, 0.29) is 23.5 Å². The minimum atomic E-state index is -3.18. The van der Waals surface area contributed by atoms with Crippen LogP contribution in [-0.4, -0.2) is 86.1 Å². The highest BCUT2D eigenvalue weighted by Crippen LogP contribution is 2.24. The number of amides is 1. The van der Waals surface area contributed by atoms with Gasteiger partial charge in [-0.15, -0.1) is 0 Å². The lowest BCUT2D eigenvalue weighted by Gasteiger charge is -2.38. The van der Waals surface area contributed by atoms with E-state index in [9.17, 15) is 18.3 Å². The third-order valence-electron chi connectivity index (χ3n) is 4.85. The number of hydrogen-bond acceptors (Lipinski definition) is 6. The number of rotatable bonds is 3. The molecular weight excluding hydrogens is 366 g/mol. The van der Waals surface area contributed by atoms with E-state index in [1.54, 1.807) is 30.1 Å². The molecule has 1 amide bonds. The molecule has 2 N–H and O–H groups in total. The van der Waals surface area contributed by atoms with Crippen molar-refractivity contribution in [3.8, 4) is 0 Å². The van der Waals surface area contributed by atoms with Crippen molar-refractivity contribution >= 4 is 33.0 Å². The summed E-state index contributed by atoms with van der Waals surface area (Å²) < 4.78 is 23.4. The van der Waals surface area contributed by atoms with Crippen molar-refractivity contribution in [2.24, 2.45) is 0 Å². The lowest BCUT2D eigenvalue weighted by Crippen LogP contribution is -2.54. The van der Waals surface area contributed by atoms with Crippen LogP contribution in [0.5, 0.6) is 0 Å². The zero-order valence-electron chi connectivity index (χ0n) is 14.0. The van der Waals surface area contributed by atoms with E-state index in [1.165, 1.54) is 0 Å². The standard InChI is InChI=1S/C16H22ClN3O4S/c1-18-11-2-3-13(17)12(8-11)16(22)20-6-4-19(5-7-20)14-9-25(23,24)10-15(14)21/h2-3,8,14-15,18,21H,4-7,9-10H2,1H3. The first-order valence-corrected chi connectivity index (χ1v) is 10.4. The van der Waals surface area contributed by atoms with Crippen LogP contribution in [0.1, 0.15) is 10.4 Å². The molecule has 9 heteroatoms. The fourth-order valence-corrected chi connectivity index (χ4v) is 5.46. The number of anilines is 1. The van der Waals surface area contributed by atoms with Gasteiger partial charge >= 0.3 is 0 Å². The predicted octanol–water partition coefficient (Wildman–Crippen LogP) is 0.297. The number of aliphatic hydroxyl groups is 1. The number of halogens is 1. The maximum Gasteiger partial charge on any atom is 0.255 e. The van der Waals surface area contributed by atoms with Crippen LogP contribution in [0.3, 0.4) is 0 Å². The number of nitrogens with one attached hydrogen (secondary N) is 1. The summed E-state index contributed by atoms with van der Waals surface area (Å²) in [6.07, 6.45) is -0.853. The molecule has 138 valence electrons. The summed E-state index contributed by atoms with van der Waals surface area (Å²) in [4.78, 5) is 16.4. The number of benzene rings is 1. The van der Waals surface area contributed by atoms with Gasteiger partial charge in [0.25, 0.3) is 5.91 Å². The molecule has 0 aromatic heterocycles. The summed E-state index contributed by atoms with van der Waals surface area (Å²) in [6, 6.07) is 4.85. The minimum absolute atomic E-state index is 0.0157. The molecule has 1 aromatic carbocycles. The molecule has 0 aliphatic carbocycles. The Labute approximate surface area is 152 Å². The van der Waals surface area contributed by atoms with Crippen LogP contribution in [0.4, 0.5) is 5.69 Å². The van der Waals surface area contributed by atoms with Gasteiger partial charge in [-0.25, -0.2) is 8.42 Å². The van der Waals surface area contributed by atoms with E-state index in [2.05, 4.69) is 5.32 Å². The molecule has 2 saturated heterocycles. The fourth-order valence-electron chi connectivity index (χ4n) is 3.43. The number of nitrogens with zero attached hydrogens (tertiary/aromatic N) is 2. The Balaban J connectivity index is 1.65. The maximum absolute atomic E-state index is 12.7. The fraction of sp³-hybridized carbons (Fsp3) is 0.562. The Morgan fingerprint density at radius 2 is 1.92 bits per heavy atom. The van der Waals surface area contributed by atoms with Gasteiger partial charge in [0, 0.05) is 38.9 Å². The summed E-state index contributed by atoms with van der Waals surface area (Å²) in [5, 5.41) is 13.4. The van der Waals surface area contributed by atoms with Gasteiger partial charge in [0.1, 0.15) is 0 Å². The van der Waals surface area contributed by atoms with Gasteiger partial charge in [-0.2, -0.15) is 0 Å². The van der Waals surface area contributed by atoms with E-state index in [0.717, 1.165) is 5.69 Å². The number of hydrogen-bond donors (Lipinski definition) is 2. The van der Waals surface area contributed by atoms with E-state index < -0.39 is 15.9 Å². The molecular formula is C16H22ClN3O4S.